The van der Waals surface area contributed by atoms with E-state index in [0.29, 0.717) is 22.3 Å². The van der Waals surface area contributed by atoms with Crippen molar-refractivity contribution < 1.29 is 9.84 Å². The molecule has 1 saturated heterocycles. The van der Waals surface area contributed by atoms with E-state index in [-0.39, 0.29) is 6.61 Å². The zero-order chi connectivity index (χ0) is 15.2. The summed E-state index contributed by atoms with van der Waals surface area (Å²) in [6.07, 6.45) is -0.550. The smallest absolute Gasteiger partial charge is 0.156 e. The fourth-order valence-electron chi connectivity index (χ4n) is 2.44. The third-order valence-corrected chi connectivity index (χ3v) is 4.32. The first-order valence-electron chi connectivity index (χ1n) is 7.29. The fourth-order valence-corrected chi connectivity index (χ4v) is 2.95. The molecule has 4 nitrogen and oxygen atoms in total. The van der Waals surface area contributed by atoms with E-state index in [9.17, 15) is 5.11 Å². The van der Waals surface area contributed by atoms with Gasteiger partial charge < -0.3 is 14.7 Å². The maximum Gasteiger partial charge on any atom is 0.156 e. The van der Waals surface area contributed by atoms with E-state index in [1.807, 2.05) is 0 Å². The summed E-state index contributed by atoms with van der Waals surface area (Å²) in [6.45, 7) is 8.14. The summed E-state index contributed by atoms with van der Waals surface area (Å²) in [5.74, 6) is 0.440. The topological polar surface area (TPSA) is 35.9 Å². The summed E-state index contributed by atoms with van der Waals surface area (Å²) in [4.78, 5) is 4.66. The number of piperazine rings is 1. The van der Waals surface area contributed by atoms with Crippen molar-refractivity contribution >= 4 is 23.2 Å². The normalized spacial score (nSPS) is 18.7. The van der Waals surface area contributed by atoms with Crippen molar-refractivity contribution in [2.75, 3.05) is 45.9 Å². The molecule has 0 bridgehead atoms. The molecule has 1 aromatic rings. The largest absolute Gasteiger partial charge is 0.488 e. The van der Waals surface area contributed by atoms with Crippen LogP contribution in [0.15, 0.2) is 18.2 Å². The lowest BCUT2D eigenvalue weighted by molar-refractivity contribution is 0.0471. The summed E-state index contributed by atoms with van der Waals surface area (Å²) in [7, 11) is 0. The van der Waals surface area contributed by atoms with Crippen molar-refractivity contribution in [3.63, 3.8) is 0 Å². The molecular weight excluding hydrogens is 311 g/mol. The van der Waals surface area contributed by atoms with E-state index in [4.69, 9.17) is 27.9 Å². The van der Waals surface area contributed by atoms with Gasteiger partial charge in [-0.15, -0.1) is 0 Å². The molecule has 1 N–H and O–H groups in total. The zero-order valence-electron chi connectivity index (χ0n) is 12.3. The average Bonchev–Trinajstić information content (AvgIpc) is 2.47. The second-order valence-corrected chi connectivity index (χ2v) is 6.06. The number of hydrogen-bond donors (Lipinski definition) is 1. The zero-order valence-corrected chi connectivity index (χ0v) is 13.8. The Morgan fingerprint density at radius 1 is 1.14 bits per heavy atom. The van der Waals surface area contributed by atoms with Crippen LogP contribution in [0.4, 0.5) is 0 Å². The number of halogens is 2. The fraction of sp³-hybridized carbons (Fsp3) is 0.600. The highest BCUT2D eigenvalue weighted by molar-refractivity contribution is 6.37. The summed E-state index contributed by atoms with van der Waals surface area (Å²) in [5, 5.41) is 11.0. The van der Waals surface area contributed by atoms with Crippen LogP contribution in [0.3, 0.4) is 0 Å². The summed E-state index contributed by atoms with van der Waals surface area (Å²) >= 11 is 12.1. The molecule has 21 heavy (non-hydrogen) atoms. The van der Waals surface area contributed by atoms with Gasteiger partial charge in [0.15, 0.2) is 5.75 Å². The molecule has 0 amide bonds. The molecule has 1 unspecified atom stereocenters. The molecule has 6 heteroatoms. The molecule has 1 aromatic carbocycles. The third kappa shape index (κ3) is 5.01. The van der Waals surface area contributed by atoms with Crippen LogP contribution in [0.5, 0.6) is 5.75 Å². The molecule has 1 atom stereocenters. The van der Waals surface area contributed by atoms with E-state index < -0.39 is 6.10 Å². The van der Waals surface area contributed by atoms with Crippen LogP contribution >= 0.6 is 23.2 Å². The van der Waals surface area contributed by atoms with E-state index in [1.54, 1.807) is 18.2 Å². The minimum atomic E-state index is -0.550. The van der Waals surface area contributed by atoms with Crippen LogP contribution < -0.4 is 4.74 Å². The highest BCUT2D eigenvalue weighted by Crippen LogP contribution is 2.32. The second-order valence-electron chi connectivity index (χ2n) is 5.25. The molecule has 1 aliphatic heterocycles. The lowest BCUT2D eigenvalue weighted by Crippen LogP contribution is -2.49. The molecule has 0 spiro atoms. The van der Waals surface area contributed by atoms with Crippen LogP contribution in [-0.2, 0) is 0 Å². The number of hydrogen-bond acceptors (Lipinski definition) is 4. The highest BCUT2D eigenvalue weighted by atomic mass is 35.5. The van der Waals surface area contributed by atoms with Gasteiger partial charge in [0, 0.05) is 32.7 Å². The molecule has 2 rings (SSSR count). The molecule has 0 aliphatic carbocycles. The Bertz CT molecular complexity index is 431. The number of aliphatic hydroxyl groups excluding tert-OH is 1. The van der Waals surface area contributed by atoms with Crippen molar-refractivity contribution in [3.05, 3.63) is 28.2 Å². The number of nitrogens with zero attached hydrogens (tertiary/aromatic N) is 2. The van der Waals surface area contributed by atoms with Crippen LogP contribution in [0.25, 0.3) is 0 Å². The summed E-state index contributed by atoms with van der Waals surface area (Å²) in [5.41, 5.74) is 0. The van der Waals surface area contributed by atoms with Crippen molar-refractivity contribution in [2.24, 2.45) is 0 Å². The molecule has 1 aliphatic rings. The van der Waals surface area contributed by atoms with Gasteiger partial charge in [0.1, 0.15) is 12.7 Å². The SMILES string of the molecule is CCN1CCN(CC(O)COc2c(Cl)cccc2Cl)CC1. The quantitative estimate of drug-likeness (QED) is 0.867. The van der Waals surface area contributed by atoms with Gasteiger partial charge in [0.2, 0.25) is 0 Å². The van der Waals surface area contributed by atoms with Crippen molar-refractivity contribution in [2.45, 2.75) is 13.0 Å². The lowest BCUT2D eigenvalue weighted by Gasteiger charge is -2.34. The van der Waals surface area contributed by atoms with Gasteiger partial charge in [0.05, 0.1) is 10.0 Å². The minimum Gasteiger partial charge on any atom is -0.488 e. The Kier molecular flexibility index (Phi) is 6.58. The first-order valence-corrected chi connectivity index (χ1v) is 8.05. The monoisotopic (exact) mass is 332 g/mol. The Balaban J connectivity index is 1.76. The number of para-hydroxylation sites is 1. The molecule has 0 radical (unpaired) electrons. The Hall–Kier alpha value is -0.520. The number of likely N-dealkylation sites (N-methyl/N-ethyl adjacent to an activating group) is 1. The van der Waals surface area contributed by atoms with Gasteiger partial charge in [-0.1, -0.05) is 36.2 Å². The highest BCUT2D eigenvalue weighted by Gasteiger charge is 2.19. The number of benzene rings is 1. The number of ether oxygens (including phenoxy) is 1. The number of β-amino-alcohol motifs (C(OH)–C–C–N with tert-alkyl or cyclic N) is 1. The van der Waals surface area contributed by atoms with Gasteiger partial charge in [-0.3, -0.25) is 4.90 Å². The lowest BCUT2D eigenvalue weighted by atomic mass is 10.2. The van der Waals surface area contributed by atoms with E-state index in [1.165, 1.54) is 0 Å². The first kappa shape index (κ1) is 16.8. The van der Waals surface area contributed by atoms with E-state index in [2.05, 4.69) is 16.7 Å². The van der Waals surface area contributed by atoms with E-state index in [0.717, 1.165) is 32.7 Å². The minimum absolute atomic E-state index is 0.192. The van der Waals surface area contributed by atoms with Crippen LogP contribution in [-0.4, -0.2) is 66.9 Å². The maximum atomic E-state index is 10.1. The van der Waals surface area contributed by atoms with Crippen LogP contribution in [0.2, 0.25) is 10.0 Å². The molecule has 118 valence electrons. The maximum absolute atomic E-state index is 10.1. The van der Waals surface area contributed by atoms with E-state index >= 15 is 0 Å². The van der Waals surface area contributed by atoms with Crippen LogP contribution in [0.1, 0.15) is 6.92 Å². The Labute approximate surface area is 136 Å². The molecule has 1 heterocycles. The third-order valence-electron chi connectivity index (χ3n) is 3.72. The molecule has 0 saturated carbocycles. The predicted molar refractivity (Wildman–Crippen MR) is 86.5 cm³/mol. The summed E-state index contributed by atoms with van der Waals surface area (Å²) < 4.78 is 5.56. The van der Waals surface area contributed by atoms with Gasteiger partial charge in [-0.05, 0) is 18.7 Å². The Morgan fingerprint density at radius 3 is 2.29 bits per heavy atom. The molecule has 0 aromatic heterocycles. The van der Waals surface area contributed by atoms with Crippen molar-refractivity contribution in [1.82, 2.24) is 9.80 Å². The van der Waals surface area contributed by atoms with Crippen molar-refractivity contribution in [3.8, 4) is 5.75 Å². The standard InChI is InChI=1S/C15H22Cl2N2O2/c1-2-18-6-8-19(9-7-18)10-12(20)11-21-15-13(16)4-3-5-14(15)17/h3-5,12,20H,2,6-11H2,1H3. The summed E-state index contributed by atoms with van der Waals surface area (Å²) in [6, 6.07) is 5.21. The van der Waals surface area contributed by atoms with Gasteiger partial charge in [0.25, 0.3) is 0 Å². The first-order chi connectivity index (χ1) is 10.1. The molecular formula is C15H22Cl2N2O2. The second kappa shape index (κ2) is 8.20. The Morgan fingerprint density at radius 2 is 1.71 bits per heavy atom. The molecule has 1 fully saturated rings. The van der Waals surface area contributed by atoms with Crippen molar-refractivity contribution in [1.29, 1.82) is 0 Å². The average molecular weight is 333 g/mol. The number of aliphatic hydroxyl groups is 1. The predicted octanol–water partition coefficient (Wildman–Crippen LogP) is 2.37. The van der Waals surface area contributed by atoms with Gasteiger partial charge in [-0.25, -0.2) is 0 Å². The van der Waals surface area contributed by atoms with Crippen LogP contribution in [0, 0.1) is 0 Å². The van der Waals surface area contributed by atoms with Gasteiger partial charge >= 0.3 is 0 Å². The van der Waals surface area contributed by atoms with Gasteiger partial charge in [-0.2, -0.15) is 0 Å². The number of rotatable bonds is 6.